The molecule has 0 saturated heterocycles. The van der Waals surface area contributed by atoms with E-state index in [0.717, 1.165) is 29.3 Å². The topological polar surface area (TPSA) is 41.1 Å². The standard InChI is InChI=1S/C16H26N2OS/c1-12(2)7-5-8-13(3)17-16(19)18-14-9-6-10-15(11-14)20-4/h6,9-13H,5,7-8H2,1-4H3,(H2,17,18,19). The van der Waals surface area contributed by atoms with Gasteiger partial charge in [0.25, 0.3) is 0 Å². The first-order valence-corrected chi connectivity index (χ1v) is 8.45. The Bertz CT molecular complexity index is 421. The van der Waals surface area contributed by atoms with Gasteiger partial charge in [-0.3, -0.25) is 0 Å². The minimum absolute atomic E-state index is 0.125. The third kappa shape index (κ3) is 6.85. The SMILES string of the molecule is CSc1cccc(NC(=O)NC(C)CCCC(C)C)c1. The summed E-state index contributed by atoms with van der Waals surface area (Å²) in [5, 5.41) is 5.87. The zero-order valence-corrected chi connectivity index (χ0v) is 13.7. The molecule has 1 aromatic carbocycles. The average Bonchev–Trinajstić information content (AvgIpc) is 2.38. The van der Waals surface area contributed by atoms with Gasteiger partial charge in [-0.15, -0.1) is 11.8 Å². The van der Waals surface area contributed by atoms with E-state index < -0.39 is 0 Å². The highest BCUT2D eigenvalue weighted by Gasteiger charge is 2.08. The molecular formula is C16H26N2OS. The van der Waals surface area contributed by atoms with Crippen LogP contribution in [0.1, 0.15) is 40.0 Å². The van der Waals surface area contributed by atoms with Crippen LogP contribution in [0.4, 0.5) is 10.5 Å². The van der Waals surface area contributed by atoms with Crippen LogP contribution in [0.15, 0.2) is 29.2 Å². The number of thioether (sulfide) groups is 1. The largest absolute Gasteiger partial charge is 0.335 e. The molecule has 0 aromatic heterocycles. The summed E-state index contributed by atoms with van der Waals surface area (Å²) >= 11 is 1.67. The molecule has 0 heterocycles. The van der Waals surface area contributed by atoms with Crippen molar-refractivity contribution in [3.63, 3.8) is 0 Å². The molecule has 0 spiro atoms. The van der Waals surface area contributed by atoms with E-state index in [2.05, 4.69) is 31.4 Å². The summed E-state index contributed by atoms with van der Waals surface area (Å²) in [6.45, 7) is 6.51. The second-order valence-electron chi connectivity index (χ2n) is 5.56. The number of rotatable bonds is 7. The van der Waals surface area contributed by atoms with Gasteiger partial charge in [0.1, 0.15) is 0 Å². The predicted octanol–water partition coefficient (Wildman–Crippen LogP) is 4.74. The zero-order chi connectivity index (χ0) is 15.0. The quantitative estimate of drug-likeness (QED) is 0.713. The Balaban J connectivity index is 2.35. The summed E-state index contributed by atoms with van der Waals surface area (Å²) in [5.74, 6) is 0.727. The van der Waals surface area contributed by atoms with E-state index >= 15 is 0 Å². The number of hydrogen-bond acceptors (Lipinski definition) is 2. The summed E-state index contributed by atoms with van der Waals surface area (Å²) in [5.41, 5.74) is 0.837. The van der Waals surface area contributed by atoms with Gasteiger partial charge in [0.05, 0.1) is 0 Å². The van der Waals surface area contributed by atoms with Gasteiger partial charge in [0, 0.05) is 16.6 Å². The van der Waals surface area contributed by atoms with Gasteiger partial charge in [0.2, 0.25) is 0 Å². The van der Waals surface area contributed by atoms with Crippen LogP contribution in [-0.2, 0) is 0 Å². The lowest BCUT2D eigenvalue weighted by atomic mass is 10.0. The summed E-state index contributed by atoms with van der Waals surface area (Å²) in [6, 6.07) is 7.95. The molecule has 3 nitrogen and oxygen atoms in total. The van der Waals surface area contributed by atoms with E-state index in [1.165, 1.54) is 6.42 Å². The van der Waals surface area contributed by atoms with Crippen molar-refractivity contribution in [3.05, 3.63) is 24.3 Å². The Morgan fingerprint density at radius 3 is 2.65 bits per heavy atom. The molecule has 1 atom stereocenters. The molecule has 20 heavy (non-hydrogen) atoms. The van der Waals surface area contributed by atoms with Crippen LogP contribution in [-0.4, -0.2) is 18.3 Å². The average molecular weight is 294 g/mol. The van der Waals surface area contributed by atoms with Crippen molar-refractivity contribution >= 4 is 23.5 Å². The molecule has 0 bridgehead atoms. The Morgan fingerprint density at radius 2 is 2.00 bits per heavy atom. The van der Waals surface area contributed by atoms with Crippen LogP contribution in [0, 0.1) is 5.92 Å². The number of anilines is 1. The number of nitrogens with one attached hydrogen (secondary N) is 2. The normalized spacial score (nSPS) is 12.2. The minimum atomic E-state index is -0.125. The number of urea groups is 1. The number of hydrogen-bond donors (Lipinski definition) is 2. The fourth-order valence-electron chi connectivity index (χ4n) is 2.00. The van der Waals surface area contributed by atoms with Crippen molar-refractivity contribution < 1.29 is 4.79 Å². The first-order valence-electron chi connectivity index (χ1n) is 7.23. The maximum absolute atomic E-state index is 11.9. The lowest BCUT2D eigenvalue weighted by Crippen LogP contribution is -2.36. The Kier molecular flexibility index (Phi) is 7.52. The summed E-state index contributed by atoms with van der Waals surface area (Å²) in [6.07, 6.45) is 5.41. The summed E-state index contributed by atoms with van der Waals surface area (Å²) in [4.78, 5) is 13.0. The van der Waals surface area contributed by atoms with Crippen molar-refractivity contribution in [2.24, 2.45) is 5.92 Å². The maximum Gasteiger partial charge on any atom is 0.319 e. The van der Waals surface area contributed by atoms with Gasteiger partial charge < -0.3 is 10.6 Å². The van der Waals surface area contributed by atoms with Crippen molar-refractivity contribution in [1.29, 1.82) is 0 Å². The van der Waals surface area contributed by atoms with Crippen LogP contribution in [0.5, 0.6) is 0 Å². The Labute approximate surface area is 126 Å². The number of carbonyl (C=O) groups is 1. The molecule has 0 aliphatic heterocycles. The fraction of sp³-hybridized carbons (Fsp3) is 0.562. The smallest absolute Gasteiger partial charge is 0.319 e. The number of carbonyl (C=O) groups excluding carboxylic acids is 1. The van der Waals surface area contributed by atoms with E-state index in [4.69, 9.17) is 0 Å². The molecular weight excluding hydrogens is 268 g/mol. The van der Waals surface area contributed by atoms with E-state index in [-0.39, 0.29) is 12.1 Å². The molecule has 0 saturated carbocycles. The van der Waals surface area contributed by atoms with Gasteiger partial charge in [-0.1, -0.05) is 32.8 Å². The molecule has 112 valence electrons. The Morgan fingerprint density at radius 1 is 1.25 bits per heavy atom. The van der Waals surface area contributed by atoms with Crippen molar-refractivity contribution in [2.75, 3.05) is 11.6 Å². The third-order valence-electron chi connectivity index (χ3n) is 3.12. The molecule has 1 aromatic rings. The van der Waals surface area contributed by atoms with Gasteiger partial charge in [0.15, 0.2) is 0 Å². The first-order chi connectivity index (χ1) is 9.51. The van der Waals surface area contributed by atoms with Crippen LogP contribution >= 0.6 is 11.8 Å². The second kappa shape index (κ2) is 8.90. The molecule has 2 amide bonds. The fourth-order valence-corrected chi connectivity index (χ4v) is 2.46. The predicted molar refractivity (Wildman–Crippen MR) is 88.5 cm³/mol. The lowest BCUT2D eigenvalue weighted by Gasteiger charge is -2.15. The van der Waals surface area contributed by atoms with E-state index in [1.807, 2.05) is 30.5 Å². The molecule has 1 rings (SSSR count). The van der Waals surface area contributed by atoms with Crippen molar-refractivity contribution in [2.45, 2.75) is 51.0 Å². The highest BCUT2D eigenvalue weighted by atomic mass is 32.2. The third-order valence-corrected chi connectivity index (χ3v) is 3.85. The highest BCUT2D eigenvalue weighted by molar-refractivity contribution is 7.98. The maximum atomic E-state index is 11.9. The number of benzene rings is 1. The summed E-state index contributed by atoms with van der Waals surface area (Å²) < 4.78 is 0. The molecule has 1 unspecified atom stereocenters. The van der Waals surface area contributed by atoms with E-state index in [0.29, 0.717) is 0 Å². The van der Waals surface area contributed by atoms with Crippen molar-refractivity contribution in [1.82, 2.24) is 5.32 Å². The summed E-state index contributed by atoms with van der Waals surface area (Å²) in [7, 11) is 0. The second-order valence-corrected chi connectivity index (χ2v) is 6.44. The first kappa shape index (κ1) is 16.9. The van der Waals surface area contributed by atoms with E-state index in [9.17, 15) is 4.79 Å². The van der Waals surface area contributed by atoms with Gasteiger partial charge in [-0.05, 0) is 43.7 Å². The molecule has 0 radical (unpaired) electrons. The molecule has 0 aliphatic carbocycles. The van der Waals surface area contributed by atoms with Crippen LogP contribution in [0.3, 0.4) is 0 Å². The van der Waals surface area contributed by atoms with Gasteiger partial charge in [-0.2, -0.15) is 0 Å². The molecule has 0 aliphatic rings. The zero-order valence-electron chi connectivity index (χ0n) is 12.9. The molecule has 4 heteroatoms. The highest BCUT2D eigenvalue weighted by Crippen LogP contribution is 2.18. The molecule has 2 N–H and O–H groups in total. The number of amides is 2. The van der Waals surface area contributed by atoms with Gasteiger partial charge >= 0.3 is 6.03 Å². The van der Waals surface area contributed by atoms with Crippen molar-refractivity contribution in [3.8, 4) is 0 Å². The van der Waals surface area contributed by atoms with Crippen LogP contribution in [0.25, 0.3) is 0 Å². The van der Waals surface area contributed by atoms with Crippen LogP contribution < -0.4 is 10.6 Å². The Hall–Kier alpha value is -1.16. The minimum Gasteiger partial charge on any atom is -0.335 e. The van der Waals surface area contributed by atoms with Gasteiger partial charge in [-0.25, -0.2) is 4.79 Å². The monoisotopic (exact) mass is 294 g/mol. The van der Waals surface area contributed by atoms with E-state index in [1.54, 1.807) is 11.8 Å². The lowest BCUT2D eigenvalue weighted by molar-refractivity contribution is 0.248. The van der Waals surface area contributed by atoms with Crippen LogP contribution in [0.2, 0.25) is 0 Å². The molecule has 0 fully saturated rings.